The van der Waals surface area contributed by atoms with Crippen molar-refractivity contribution in [3.63, 3.8) is 0 Å². The standard InChI is InChI=1S/C15H13F4N5O3/c16-11-3-2-9(24(26)27)8-10(11)13(25)20-5-1-6-21-14-22-7-4-12(23-14)15(17,18)19/h2-4,7-8H,1,5-6H2,(H,20,25)(H,21,22,23). The molecule has 1 amide bonds. The number of carbonyl (C=O) groups is 1. The Balaban J connectivity index is 1.83. The van der Waals surface area contributed by atoms with Crippen LogP contribution in [-0.4, -0.2) is 33.9 Å². The number of hydrogen-bond donors (Lipinski definition) is 2. The van der Waals surface area contributed by atoms with Crippen molar-refractivity contribution in [2.45, 2.75) is 12.6 Å². The van der Waals surface area contributed by atoms with Crippen LogP contribution >= 0.6 is 0 Å². The van der Waals surface area contributed by atoms with Gasteiger partial charge in [0.1, 0.15) is 11.5 Å². The zero-order valence-corrected chi connectivity index (χ0v) is 13.6. The first-order valence-corrected chi connectivity index (χ1v) is 7.54. The summed E-state index contributed by atoms with van der Waals surface area (Å²) in [5.41, 5.74) is -1.99. The third kappa shape index (κ3) is 5.59. The van der Waals surface area contributed by atoms with Gasteiger partial charge in [0.05, 0.1) is 10.5 Å². The van der Waals surface area contributed by atoms with Crippen LogP contribution in [0.25, 0.3) is 0 Å². The predicted molar refractivity (Wildman–Crippen MR) is 85.5 cm³/mol. The average molecular weight is 387 g/mol. The number of nitro groups is 1. The molecule has 1 heterocycles. The minimum atomic E-state index is -4.59. The summed E-state index contributed by atoms with van der Waals surface area (Å²) in [4.78, 5) is 28.8. The third-order valence-electron chi connectivity index (χ3n) is 3.27. The minimum Gasteiger partial charge on any atom is -0.354 e. The third-order valence-corrected chi connectivity index (χ3v) is 3.27. The van der Waals surface area contributed by atoms with Gasteiger partial charge in [-0.25, -0.2) is 14.4 Å². The molecule has 8 nitrogen and oxygen atoms in total. The van der Waals surface area contributed by atoms with E-state index in [0.717, 1.165) is 30.5 Å². The highest BCUT2D eigenvalue weighted by molar-refractivity contribution is 5.95. The second kappa shape index (κ2) is 8.38. The number of hydrogen-bond acceptors (Lipinski definition) is 6. The number of carbonyl (C=O) groups excluding carboxylic acids is 1. The van der Waals surface area contributed by atoms with E-state index in [2.05, 4.69) is 20.6 Å². The average Bonchev–Trinajstić information content (AvgIpc) is 2.61. The van der Waals surface area contributed by atoms with Crippen LogP contribution in [0.5, 0.6) is 0 Å². The first kappa shape index (κ1) is 20.0. The van der Waals surface area contributed by atoms with Gasteiger partial charge in [-0.2, -0.15) is 13.2 Å². The normalized spacial score (nSPS) is 11.1. The van der Waals surface area contributed by atoms with E-state index in [-0.39, 0.29) is 25.5 Å². The van der Waals surface area contributed by atoms with Crippen LogP contribution in [0, 0.1) is 15.9 Å². The van der Waals surface area contributed by atoms with Gasteiger partial charge in [0.2, 0.25) is 5.95 Å². The van der Waals surface area contributed by atoms with E-state index in [4.69, 9.17) is 0 Å². The molecule has 0 bridgehead atoms. The molecule has 12 heteroatoms. The SMILES string of the molecule is O=C(NCCCNc1nccc(C(F)(F)F)n1)c1cc([N+](=O)[O-])ccc1F. The Kier molecular flexibility index (Phi) is 6.21. The highest BCUT2D eigenvalue weighted by atomic mass is 19.4. The molecule has 27 heavy (non-hydrogen) atoms. The van der Waals surface area contributed by atoms with Gasteiger partial charge in [0, 0.05) is 31.4 Å². The summed E-state index contributed by atoms with van der Waals surface area (Å²) in [6, 6.07) is 3.31. The molecule has 2 N–H and O–H groups in total. The molecular formula is C15H13F4N5O3. The largest absolute Gasteiger partial charge is 0.433 e. The van der Waals surface area contributed by atoms with Gasteiger partial charge in [0.25, 0.3) is 11.6 Å². The molecule has 0 radical (unpaired) electrons. The summed E-state index contributed by atoms with van der Waals surface area (Å²) in [6.45, 7) is 0.186. The van der Waals surface area contributed by atoms with Crippen molar-refractivity contribution in [1.29, 1.82) is 0 Å². The fourth-order valence-electron chi connectivity index (χ4n) is 1.99. The molecule has 0 atom stereocenters. The first-order chi connectivity index (χ1) is 12.7. The van der Waals surface area contributed by atoms with Crippen LogP contribution in [0.4, 0.5) is 29.2 Å². The zero-order valence-electron chi connectivity index (χ0n) is 13.6. The molecule has 0 saturated heterocycles. The summed E-state index contributed by atoms with van der Waals surface area (Å²) in [5, 5.41) is 15.6. The molecule has 0 saturated carbocycles. The van der Waals surface area contributed by atoms with E-state index in [1.807, 2.05) is 0 Å². The summed E-state index contributed by atoms with van der Waals surface area (Å²) < 4.78 is 51.2. The summed E-state index contributed by atoms with van der Waals surface area (Å²) in [6.07, 6.45) is -3.36. The molecule has 1 aromatic heterocycles. The molecule has 0 aliphatic heterocycles. The monoisotopic (exact) mass is 387 g/mol. The molecule has 2 rings (SSSR count). The number of alkyl halides is 3. The number of nitro benzene ring substituents is 1. The van der Waals surface area contributed by atoms with Crippen LogP contribution in [0.3, 0.4) is 0 Å². The van der Waals surface area contributed by atoms with Crippen LogP contribution in [0.15, 0.2) is 30.5 Å². The molecule has 0 fully saturated rings. The molecule has 2 aromatic rings. The lowest BCUT2D eigenvalue weighted by Crippen LogP contribution is -2.27. The van der Waals surface area contributed by atoms with E-state index < -0.39 is 39.8 Å². The van der Waals surface area contributed by atoms with Crippen molar-refractivity contribution in [3.8, 4) is 0 Å². The summed E-state index contributed by atoms with van der Waals surface area (Å²) in [5.74, 6) is -1.97. The van der Waals surface area contributed by atoms with Gasteiger partial charge in [-0.3, -0.25) is 14.9 Å². The van der Waals surface area contributed by atoms with Gasteiger partial charge in [0.15, 0.2) is 0 Å². The number of benzene rings is 1. The van der Waals surface area contributed by atoms with E-state index in [9.17, 15) is 32.5 Å². The number of rotatable bonds is 7. The second-order valence-corrected chi connectivity index (χ2v) is 5.22. The van der Waals surface area contributed by atoms with E-state index in [1.54, 1.807) is 0 Å². The Morgan fingerprint density at radius 1 is 1.22 bits per heavy atom. The Labute approximate surface area is 149 Å². The van der Waals surface area contributed by atoms with Crippen molar-refractivity contribution in [2.75, 3.05) is 18.4 Å². The lowest BCUT2D eigenvalue weighted by Gasteiger charge is -2.09. The van der Waals surface area contributed by atoms with Gasteiger partial charge >= 0.3 is 6.18 Å². The van der Waals surface area contributed by atoms with Crippen molar-refractivity contribution < 1.29 is 27.3 Å². The maximum Gasteiger partial charge on any atom is 0.433 e. The number of non-ortho nitro benzene ring substituents is 1. The highest BCUT2D eigenvalue weighted by Crippen LogP contribution is 2.27. The Bertz CT molecular complexity index is 844. The quantitative estimate of drug-likeness (QED) is 0.327. The lowest BCUT2D eigenvalue weighted by atomic mass is 10.1. The maximum atomic E-state index is 13.6. The zero-order chi connectivity index (χ0) is 20.0. The molecular weight excluding hydrogens is 374 g/mol. The number of anilines is 1. The molecule has 0 spiro atoms. The Morgan fingerprint density at radius 3 is 2.63 bits per heavy atom. The molecule has 0 unspecified atom stereocenters. The number of halogens is 4. The molecule has 0 aliphatic carbocycles. The van der Waals surface area contributed by atoms with E-state index >= 15 is 0 Å². The highest BCUT2D eigenvalue weighted by Gasteiger charge is 2.32. The molecule has 144 valence electrons. The maximum absolute atomic E-state index is 13.6. The minimum absolute atomic E-state index is 0.0485. The Morgan fingerprint density at radius 2 is 1.96 bits per heavy atom. The van der Waals surface area contributed by atoms with Crippen molar-refractivity contribution in [3.05, 3.63) is 57.7 Å². The Hall–Kier alpha value is -3.31. The van der Waals surface area contributed by atoms with Crippen molar-refractivity contribution >= 4 is 17.5 Å². The van der Waals surface area contributed by atoms with Gasteiger partial charge in [-0.1, -0.05) is 0 Å². The second-order valence-electron chi connectivity index (χ2n) is 5.22. The fraction of sp³-hybridized carbons (Fsp3) is 0.267. The fourth-order valence-corrected chi connectivity index (χ4v) is 1.99. The topological polar surface area (TPSA) is 110 Å². The van der Waals surface area contributed by atoms with Gasteiger partial charge in [-0.05, 0) is 18.6 Å². The number of aromatic nitrogens is 2. The van der Waals surface area contributed by atoms with Crippen LogP contribution in [0.1, 0.15) is 22.5 Å². The van der Waals surface area contributed by atoms with Crippen LogP contribution < -0.4 is 10.6 Å². The lowest BCUT2D eigenvalue weighted by molar-refractivity contribution is -0.384. The van der Waals surface area contributed by atoms with E-state index in [0.29, 0.717) is 0 Å². The van der Waals surface area contributed by atoms with Gasteiger partial charge < -0.3 is 10.6 Å². The van der Waals surface area contributed by atoms with Crippen molar-refractivity contribution in [1.82, 2.24) is 15.3 Å². The number of amides is 1. The first-order valence-electron chi connectivity index (χ1n) is 7.54. The van der Waals surface area contributed by atoms with Crippen LogP contribution in [-0.2, 0) is 6.18 Å². The van der Waals surface area contributed by atoms with Crippen LogP contribution in [0.2, 0.25) is 0 Å². The van der Waals surface area contributed by atoms with E-state index in [1.165, 1.54) is 0 Å². The molecule has 1 aromatic carbocycles. The smallest absolute Gasteiger partial charge is 0.354 e. The number of nitrogens with one attached hydrogen (secondary N) is 2. The summed E-state index contributed by atoms with van der Waals surface area (Å²) in [7, 11) is 0. The predicted octanol–water partition coefficient (Wildman–Crippen LogP) is 2.77. The van der Waals surface area contributed by atoms with Crippen molar-refractivity contribution in [2.24, 2.45) is 0 Å². The van der Waals surface area contributed by atoms with Gasteiger partial charge in [-0.15, -0.1) is 0 Å². The number of nitrogens with zero attached hydrogens (tertiary/aromatic N) is 3. The molecule has 0 aliphatic rings. The summed E-state index contributed by atoms with van der Waals surface area (Å²) >= 11 is 0.